The summed E-state index contributed by atoms with van der Waals surface area (Å²) in [6, 6.07) is 0. The molecule has 0 heterocycles. The molecule has 0 saturated carbocycles. The number of rotatable bonds is 50. The third-order valence-electron chi connectivity index (χ3n) is 11.0. The minimum Gasteiger partial charge on any atom is -0.457 e. The fourth-order valence-corrected chi connectivity index (χ4v) is 7.92. The van der Waals surface area contributed by atoms with Crippen molar-refractivity contribution in [3.8, 4) is 0 Å². The Kier molecular flexibility index (Phi) is 51.3. The molecule has 0 aromatic rings. The fraction of sp³-hybridized carbons (Fsp3) is 0.702. The van der Waals surface area contributed by atoms with Crippen molar-refractivity contribution >= 4 is 13.8 Å². The van der Waals surface area contributed by atoms with Crippen LogP contribution in [0.15, 0.2) is 97.2 Å². The molecule has 8 nitrogen and oxygen atoms in total. The molecule has 0 radical (unpaired) electrons. The van der Waals surface area contributed by atoms with Crippen LogP contribution in [0.5, 0.6) is 0 Å². The summed E-state index contributed by atoms with van der Waals surface area (Å²) in [5.41, 5.74) is 5.40. The Balaban J connectivity index is 3.95. The van der Waals surface area contributed by atoms with Gasteiger partial charge in [0.25, 0.3) is 0 Å². The molecule has 2 unspecified atom stereocenters. The highest BCUT2D eigenvalue weighted by molar-refractivity contribution is 7.47. The molecule has 0 aliphatic carbocycles. The first-order chi connectivity index (χ1) is 32.4. The first-order valence-electron chi connectivity index (χ1n) is 26.7. The molecule has 380 valence electrons. The second-order valence-corrected chi connectivity index (χ2v) is 18.8. The normalized spacial score (nSPS) is 14.1. The maximum atomic E-state index is 12.7. The molecule has 0 fully saturated rings. The van der Waals surface area contributed by atoms with Crippen LogP contribution in [0, 0.1) is 0 Å². The van der Waals surface area contributed by atoms with Crippen LogP contribution in [0.4, 0.5) is 0 Å². The van der Waals surface area contributed by atoms with Gasteiger partial charge >= 0.3 is 13.8 Å². The highest BCUT2D eigenvalue weighted by Crippen LogP contribution is 2.43. The first-order valence-corrected chi connectivity index (χ1v) is 28.2. The van der Waals surface area contributed by atoms with Crippen molar-refractivity contribution in [2.45, 2.75) is 225 Å². The van der Waals surface area contributed by atoms with Crippen molar-refractivity contribution in [3.63, 3.8) is 0 Å². The summed E-state index contributed by atoms with van der Waals surface area (Å²) < 4.78 is 33.6. The van der Waals surface area contributed by atoms with Gasteiger partial charge < -0.3 is 20.1 Å². The molecule has 0 aromatic heterocycles. The monoisotopic (exact) mass is 942 g/mol. The predicted octanol–water partition coefficient (Wildman–Crippen LogP) is 17.0. The summed E-state index contributed by atoms with van der Waals surface area (Å²) in [6.45, 7) is 4.69. The Morgan fingerprint density at radius 2 is 0.803 bits per heavy atom. The lowest BCUT2D eigenvalue weighted by atomic mass is 10.0. The molecule has 66 heavy (non-hydrogen) atoms. The zero-order chi connectivity index (χ0) is 48.0. The molecule has 0 saturated heterocycles. The minimum atomic E-state index is -4.29. The van der Waals surface area contributed by atoms with E-state index < -0.39 is 13.9 Å². The maximum absolute atomic E-state index is 12.7. The van der Waals surface area contributed by atoms with Gasteiger partial charge in [0, 0.05) is 19.6 Å². The highest BCUT2D eigenvalue weighted by atomic mass is 31.2. The number of unbranched alkanes of at least 4 members (excludes halogenated alkanes) is 21. The summed E-state index contributed by atoms with van der Waals surface area (Å²) in [6.07, 6.45) is 71.6. The largest absolute Gasteiger partial charge is 0.472 e. The van der Waals surface area contributed by atoms with Gasteiger partial charge in [-0.3, -0.25) is 13.8 Å². The lowest BCUT2D eigenvalue weighted by Gasteiger charge is -2.20. The molecule has 9 heteroatoms. The average molecular weight is 942 g/mol. The highest BCUT2D eigenvalue weighted by Gasteiger charge is 2.25. The molecule has 0 aliphatic rings. The topological polar surface area (TPSA) is 117 Å². The second-order valence-electron chi connectivity index (χ2n) is 17.3. The zero-order valence-electron chi connectivity index (χ0n) is 42.4. The van der Waals surface area contributed by atoms with Gasteiger partial charge in [-0.1, -0.05) is 220 Å². The molecule has 0 rings (SSSR count). The first kappa shape index (κ1) is 63.4. The van der Waals surface area contributed by atoms with Crippen LogP contribution >= 0.6 is 7.82 Å². The third-order valence-corrected chi connectivity index (χ3v) is 12.0. The van der Waals surface area contributed by atoms with E-state index >= 15 is 0 Å². The van der Waals surface area contributed by atoms with Crippen molar-refractivity contribution in [1.29, 1.82) is 0 Å². The number of phosphoric acid groups is 1. The molecule has 2 atom stereocenters. The van der Waals surface area contributed by atoms with E-state index in [-0.39, 0.29) is 32.3 Å². The van der Waals surface area contributed by atoms with E-state index in [1.807, 2.05) is 0 Å². The van der Waals surface area contributed by atoms with E-state index in [4.69, 9.17) is 24.3 Å². The van der Waals surface area contributed by atoms with Crippen molar-refractivity contribution in [2.24, 2.45) is 5.73 Å². The zero-order valence-corrected chi connectivity index (χ0v) is 43.3. The van der Waals surface area contributed by atoms with Crippen LogP contribution in [-0.2, 0) is 27.9 Å². The van der Waals surface area contributed by atoms with Crippen LogP contribution in [0.2, 0.25) is 0 Å². The number of ether oxygens (including phenoxy) is 2. The van der Waals surface area contributed by atoms with E-state index in [1.165, 1.54) is 116 Å². The van der Waals surface area contributed by atoms with Gasteiger partial charge in [0.1, 0.15) is 6.10 Å². The smallest absolute Gasteiger partial charge is 0.457 e. The Bertz CT molecular complexity index is 1330. The van der Waals surface area contributed by atoms with E-state index in [1.54, 1.807) is 0 Å². The molecule has 0 aromatic carbocycles. The quantitative estimate of drug-likeness (QED) is 0.0268. The Labute approximate surface area is 406 Å². The average Bonchev–Trinajstić information content (AvgIpc) is 3.31. The molecular weight excluding hydrogens is 842 g/mol. The van der Waals surface area contributed by atoms with Gasteiger partial charge in [-0.2, -0.15) is 0 Å². The van der Waals surface area contributed by atoms with Crippen molar-refractivity contribution in [3.05, 3.63) is 97.2 Å². The number of carbonyl (C=O) groups is 1. The number of phosphoric ester groups is 1. The van der Waals surface area contributed by atoms with Crippen LogP contribution in [0.3, 0.4) is 0 Å². The van der Waals surface area contributed by atoms with Crippen LogP contribution < -0.4 is 5.73 Å². The van der Waals surface area contributed by atoms with Crippen molar-refractivity contribution in [1.82, 2.24) is 0 Å². The fourth-order valence-electron chi connectivity index (χ4n) is 7.16. The van der Waals surface area contributed by atoms with Gasteiger partial charge in [0.05, 0.1) is 19.8 Å². The summed E-state index contributed by atoms with van der Waals surface area (Å²) in [5, 5.41) is 0. The minimum absolute atomic E-state index is 0.0946. The molecule has 0 bridgehead atoms. The van der Waals surface area contributed by atoms with Crippen LogP contribution in [0.25, 0.3) is 0 Å². The summed E-state index contributed by atoms with van der Waals surface area (Å²) in [5.74, 6) is -0.338. The Morgan fingerprint density at radius 3 is 1.20 bits per heavy atom. The molecule has 0 aliphatic heterocycles. The van der Waals surface area contributed by atoms with Gasteiger partial charge in [-0.15, -0.1) is 0 Å². The standard InChI is InChI=1S/C57H100NO7P/c1-3-5-7-9-11-13-15-17-19-21-23-25-27-29-31-33-35-37-39-41-43-45-47-49-52-62-54-56(55-64-66(60,61)63-53-51-58)65-57(59)50-48-46-44-42-40-38-36-34-32-30-28-26-24-22-20-18-16-14-12-10-8-6-4-2/h5-8,11-14,17-20,23-26,56H,3-4,9-10,15-16,21-22,27-55,58H2,1-2H3,(H,60,61)/b7-5-,8-6-,13-11-,14-12-,19-17-,20-18-,25-23-,26-24-. The van der Waals surface area contributed by atoms with Crippen LogP contribution in [-0.4, -0.2) is 49.9 Å². The summed E-state index contributed by atoms with van der Waals surface area (Å²) in [7, 11) is -4.29. The number of hydrogen-bond acceptors (Lipinski definition) is 7. The number of allylic oxidation sites excluding steroid dienone is 16. The van der Waals surface area contributed by atoms with Crippen LogP contribution in [0.1, 0.15) is 219 Å². The van der Waals surface area contributed by atoms with Crippen molar-refractivity contribution in [2.75, 3.05) is 33.0 Å². The number of esters is 1. The maximum Gasteiger partial charge on any atom is 0.472 e. The summed E-state index contributed by atoms with van der Waals surface area (Å²) in [4.78, 5) is 22.6. The predicted molar refractivity (Wildman–Crippen MR) is 284 cm³/mol. The number of nitrogens with two attached hydrogens (primary N) is 1. The van der Waals surface area contributed by atoms with Gasteiger partial charge in [-0.05, 0) is 89.9 Å². The summed E-state index contributed by atoms with van der Waals surface area (Å²) >= 11 is 0. The third kappa shape index (κ3) is 52.4. The molecule has 3 N–H and O–H groups in total. The molecule has 0 spiro atoms. The van der Waals surface area contributed by atoms with Crippen molar-refractivity contribution < 1.29 is 32.8 Å². The van der Waals surface area contributed by atoms with E-state index in [0.717, 1.165) is 83.5 Å². The lowest BCUT2D eigenvalue weighted by Crippen LogP contribution is -2.28. The van der Waals surface area contributed by atoms with Gasteiger partial charge in [0.15, 0.2) is 0 Å². The SMILES string of the molecule is CC/C=C\C/C=C\C/C=C\C/C=C\CCCCCCCCCCCCCOCC(COP(=O)(O)OCCN)OC(=O)CCCCCCCCCCCC/C=C\C/C=C\C/C=C\C/C=C\CC. The van der Waals surface area contributed by atoms with E-state index in [0.29, 0.717) is 13.0 Å². The molecule has 0 amide bonds. The van der Waals surface area contributed by atoms with Gasteiger partial charge in [0.2, 0.25) is 0 Å². The van der Waals surface area contributed by atoms with E-state index in [2.05, 4.69) is 111 Å². The molecular formula is C57H100NO7P. The Hall–Kier alpha value is -2.58. The number of carbonyl (C=O) groups excluding carboxylic acids is 1. The Morgan fingerprint density at radius 1 is 0.455 bits per heavy atom. The van der Waals surface area contributed by atoms with Gasteiger partial charge in [-0.25, -0.2) is 4.57 Å². The lowest BCUT2D eigenvalue weighted by molar-refractivity contribution is -0.154. The number of hydrogen-bond donors (Lipinski definition) is 2. The van der Waals surface area contributed by atoms with E-state index in [9.17, 15) is 14.3 Å². The second kappa shape index (κ2) is 53.4.